The van der Waals surface area contributed by atoms with Crippen LogP contribution in [0.4, 0.5) is 32.8 Å². The number of Topliss-reactive ketones (excluding diaryl/α,β-unsaturated/α-hetero) is 4. The largest absolute Gasteiger partial charge is 0.302 e. The van der Waals surface area contributed by atoms with Crippen LogP contribution in [0.5, 0.6) is 0 Å². The maximum Gasteiger partial charge on any atom is 0.197 e. The molecule has 0 bridgehead atoms. The third kappa shape index (κ3) is 6.82. The van der Waals surface area contributed by atoms with Gasteiger partial charge in [-0.25, -0.2) is 0 Å². The van der Waals surface area contributed by atoms with Crippen molar-refractivity contribution in [2.24, 2.45) is 0 Å². The number of allylic oxidation sites excluding steroid dienone is 2. The first-order chi connectivity index (χ1) is 31.4. The van der Waals surface area contributed by atoms with Gasteiger partial charge in [0.25, 0.3) is 0 Å². The third-order valence-electron chi connectivity index (χ3n) is 11.6. The fraction of sp³-hybridized carbons (Fsp3) is 0. The number of ketones is 4. The predicted molar refractivity (Wildman–Crippen MR) is 261 cm³/mol. The van der Waals surface area contributed by atoms with Gasteiger partial charge >= 0.3 is 0 Å². The van der Waals surface area contributed by atoms with E-state index in [4.69, 9.17) is 0 Å². The summed E-state index contributed by atoms with van der Waals surface area (Å²) >= 11 is 3.04. The van der Waals surface area contributed by atoms with E-state index in [1.807, 2.05) is 60.7 Å². The molecular formula is C56H34N2O4S2. The molecule has 0 saturated carbocycles. The Labute approximate surface area is 376 Å². The van der Waals surface area contributed by atoms with E-state index in [-0.39, 0.29) is 34.3 Å². The van der Waals surface area contributed by atoms with E-state index in [0.717, 1.165) is 64.4 Å². The average molecular weight is 863 g/mol. The minimum atomic E-state index is -0.240. The van der Waals surface area contributed by atoms with Gasteiger partial charge in [-0.1, -0.05) is 121 Å². The Morgan fingerprint density at radius 1 is 0.359 bits per heavy atom. The Hall–Kier alpha value is -8.04. The highest BCUT2D eigenvalue weighted by Gasteiger charge is 2.34. The standard InChI is InChI=1S/C56H34N2O4S2/c59-53-44-20-7-8-21-45(44)54(60)48(53)33-41-26-29-51(63-41)57(38-15-3-1-4-16-38)40-19-11-13-35(32-40)36-25-28-43-37(31-36)14-12-24-50(43)58(39-17-5-2-6-18-39)52-30-27-42(64-52)34-49-55(61)46-22-9-10-23-47(46)56(49)62/h1-34H. The number of thiophene rings is 2. The van der Waals surface area contributed by atoms with E-state index in [9.17, 15) is 19.2 Å². The Morgan fingerprint density at radius 2 is 0.812 bits per heavy atom. The number of nitrogens with zero attached hydrogens (tertiary/aromatic N) is 2. The molecule has 6 nitrogen and oxygen atoms in total. The lowest BCUT2D eigenvalue weighted by atomic mass is 9.99. The fourth-order valence-electron chi connectivity index (χ4n) is 8.58. The third-order valence-corrected chi connectivity index (χ3v) is 13.6. The summed E-state index contributed by atoms with van der Waals surface area (Å²) in [6.07, 6.45) is 3.44. The van der Waals surface area contributed by atoms with Gasteiger partial charge in [-0.3, -0.25) is 19.2 Å². The van der Waals surface area contributed by atoms with Crippen LogP contribution in [0.1, 0.15) is 51.2 Å². The van der Waals surface area contributed by atoms with Crippen molar-refractivity contribution in [2.75, 3.05) is 9.80 Å². The molecule has 8 heteroatoms. The number of rotatable bonds is 9. The van der Waals surface area contributed by atoms with Crippen molar-refractivity contribution in [1.82, 2.24) is 0 Å². The number of benzene rings is 7. The zero-order valence-corrected chi connectivity index (χ0v) is 35.6. The number of carbonyl (C=O) groups is 4. The first-order valence-corrected chi connectivity index (χ1v) is 22.4. The van der Waals surface area contributed by atoms with E-state index < -0.39 is 0 Å². The molecule has 11 rings (SSSR count). The molecule has 0 N–H and O–H groups in total. The van der Waals surface area contributed by atoms with Gasteiger partial charge in [0.05, 0.1) is 16.8 Å². The molecule has 2 aliphatic rings. The van der Waals surface area contributed by atoms with Crippen LogP contribution < -0.4 is 9.80 Å². The van der Waals surface area contributed by atoms with Gasteiger partial charge in [0, 0.05) is 54.5 Å². The molecular weight excluding hydrogens is 829 g/mol. The zero-order valence-electron chi connectivity index (χ0n) is 34.0. The van der Waals surface area contributed by atoms with E-state index in [2.05, 4.69) is 94.7 Å². The molecule has 2 heterocycles. The van der Waals surface area contributed by atoms with Crippen molar-refractivity contribution < 1.29 is 19.2 Å². The van der Waals surface area contributed by atoms with Crippen LogP contribution in [-0.4, -0.2) is 23.1 Å². The Balaban J connectivity index is 0.933. The molecule has 0 aliphatic heterocycles. The van der Waals surface area contributed by atoms with Crippen molar-refractivity contribution in [1.29, 1.82) is 0 Å². The molecule has 9 aromatic rings. The van der Waals surface area contributed by atoms with E-state index in [1.54, 1.807) is 60.7 Å². The van der Waals surface area contributed by atoms with Crippen LogP contribution in [0.3, 0.4) is 0 Å². The molecule has 0 amide bonds. The molecule has 0 saturated heterocycles. The second-order valence-electron chi connectivity index (χ2n) is 15.5. The topological polar surface area (TPSA) is 74.8 Å². The monoisotopic (exact) mass is 862 g/mol. The zero-order chi connectivity index (χ0) is 43.3. The van der Waals surface area contributed by atoms with Crippen LogP contribution in [0, 0.1) is 0 Å². The summed E-state index contributed by atoms with van der Waals surface area (Å²) in [6, 6.07) is 63.7. The van der Waals surface area contributed by atoms with Crippen LogP contribution in [-0.2, 0) is 0 Å². The van der Waals surface area contributed by atoms with Crippen molar-refractivity contribution in [3.05, 3.63) is 237 Å². The minimum Gasteiger partial charge on any atom is -0.302 e. The Bertz CT molecular complexity index is 3360. The van der Waals surface area contributed by atoms with Crippen LogP contribution >= 0.6 is 22.7 Å². The number of hydrogen-bond donors (Lipinski definition) is 0. The van der Waals surface area contributed by atoms with E-state index >= 15 is 0 Å². The first-order valence-electron chi connectivity index (χ1n) is 20.7. The number of fused-ring (bicyclic) bond motifs is 3. The van der Waals surface area contributed by atoms with Crippen molar-refractivity contribution in [2.45, 2.75) is 0 Å². The molecule has 0 radical (unpaired) electrons. The second kappa shape index (κ2) is 16.0. The maximum atomic E-state index is 13.2. The molecule has 0 fully saturated rings. The highest BCUT2D eigenvalue weighted by molar-refractivity contribution is 7.17. The molecule has 64 heavy (non-hydrogen) atoms. The van der Waals surface area contributed by atoms with Gasteiger partial charge < -0.3 is 9.80 Å². The lowest BCUT2D eigenvalue weighted by Crippen LogP contribution is -2.08. The average Bonchev–Trinajstić information content (AvgIpc) is 4.11. The summed E-state index contributed by atoms with van der Waals surface area (Å²) in [6.45, 7) is 0. The normalized spacial score (nSPS) is 13.1. The van der Waals surface area contributed by atoms with Gasteiger partial charge in [0.15, 0.2) is 23.1 Å². The molecule has 2 aromatic heterocycles. The summed E-state index contributed by atoms with van der Waals surface area (Å²) in [5.41, 5.74) is 8.19. The number of carbonyl (C=O) groups excluding carboxylic acids is 4. The molecule has 304 valence electrons. The first kappa shape index (κ1) is 38.9. The van der Waals surface area contributed by atoms with Crippen molar-refractivity contribution in [3.63, 3.8) is 0 Å². The quantitative estimate of drug-likeness (QED) is 0.106. The Morgan fingerprint density at radius 3 is 1.36 bits per heavy atom. The van der Waals surface area contributed by atoms with Crippen LogP contribution in [0.15, 0.2) is 205 Å². The Kier molecular flexibility index (Phi) is 9.72. The highest BCUT2D eigenvalue weighted by atomic mass is 32.1. The lowest BCUT2D eigenvalue weighted by molar-refractivity contribution is 0.0975. The van der Waals surface area contributed by atoms with Gasteiger partial charge in [0.2, 0.25) is 0 Å². The highest BCUT2D eigenvalue weighted by Crippen LogP contribution is 2.45. The molecule has 0 spiro atoms. The van der Waals surface area contributed by atoms with Gasteiger partial charge in [-0.15, -0.1) is 22.7 Å². The minimum absolute atomic E-state index is 0.188. The SMILES string of the molecule is O=C1C(=Cc2ccc(N(c3ccccc3)c3cccc(-c4ccc5c(N(c6ccccc6)c6ccc(C=C7C(=O)c8ccccc8C7=O)s6)cccc5c4)c3)s2)C(=O)c2ccccc21. The predicted octanol–water partition coefficient (Wildman–Crippen LogP) is 14.5. The molecule has 0 atom stereocenters. The summed E-state index contributed by atoms with van der Waals surface area (Å²) in [5, 5.41) is 4.01. The van der Waals surface area contributed by atoms with Gasteiger partial charge in [0.1, 0.15) is 10.0 Å². The molecule has 7 aromatic carbocycles. The maximum absolute atomic E-state index is 13.2. The fourth-order valence-corrected chi connectivity index (χ4v) is 10.6. The molecule has 2 aliphatic carbocycles. The summed E-state index contributed by atoms with van der Waals surface area (Å²) in [5.74, 6) is -0.959. The van der Waals surface area contributed by atoms with Crippen LogP contribution in [0.25, 0.3) is 34.1 Å². The number of hydrogen-bond acceptors (Lipinski definition) is 8. The summed E-state index contributed by atoms with van der Waals surface area (Å²) in [4.78, 5) is 59.0. The smallest absolute Gasteiger partial charge is 0.197 e. The van der Waals surface area contributed by atoms with Crippen molar-refractivity contribution >= 4 is 101 Å². The summed E-state index contributed by atoms with van der Waals surface area (Å²) in [7, 11) is 0. The summed E-state index contributed by atoms with van der Waals surface area (Å²) < 4.78 is 0. The van der Waals surface area contributed by atoms with Gasteiger partial charge in [-0.2, -0.15) is 0 Å². The number of anilines is 6. The van der Waals surface area contributed by atoms with E-state index in [1.165, 1.54) is 22.7 Å². The van der Waals surface area contributed by atoms with Gasteiger partial charge in [-0.05, 0) is 101 Å². The molecule has 0 unspecified atom stereocenters. The van der Waals surface area contributed by atoms with E-state index in [0.29, 0.717) is 22.3 Å². The van der Waals surface area contributed by atoms with Crippen LogP contribution in [0.2, 0.25) is 0 Å². The number of para-hydroxylation sites is 2. The second-order valence-corrected chi connectivity index (χ2v) is 17.7. The lowest BCUT2D eigenvalue weighted by Gasteiger charge is -2.25. The van der Waals surface area contributed by atoms with Crippen molar-refractivity contribution in [3.8, 4) is 11.1 Å².